The predicted octanol–water partition coefficient (Wildman–Crippen LogP) is 2.55. The lowest BCUT2D eigenvalue weighted by molar-refractivity contribution is -0.117. The third kappa shape index (κ3) is 4.11. The van der Waals surface area contributed by atoms with Crippen molar-refractivity contribution in [1.29, 1.82) is 0 Å². The number of nitrogens with two attached hydrogens (primary N) is 1. The second-order valence-corrected chi connectivity index (χ2v) is 5.40. The molecule has 0 unspecified atom stereocenters. The zero-order valence-corrected chi connectivity index (χ0v) is 12.7. The van der Waals surface area contributed by atoms with Gasteiger partial charge in [-0.25, -0.2) is 0 Å². The van der Waals surface area contributed by atoms with Crippen LogP contribution in [0, 0.1) is 5.92 Å². The molecule has 1 aromatic carbocycles. The Morgan fingerprint density at radius 2 is 2.24 bits per heavy atom. The number of carbonyl (C=O) groups is 1. The van der Waals surface area contributed by atoms with Crippen LogP contribution in [-0.2, 0) is 4.79 Å². The van der Waals surface area contributed by atoms with Gasteiger partial charge in [0, 0.05) is 18.5 Å². The molecule has 5 heteroatoms. The molecule has 1 aliphatic rings. The van der Waals surface area contributed by atoms with Crippen LogP contribution in [0.15, 0.2) is 18.2 Å². The van der Waals surface area contributed by atoms with Gasteiger partial charge in [-0.15, -0.1) is 0 Å². The fourth-order valence-corrected chi connectivity index (χ4v) is 2.77. The standard InChI is InChI=1S/C16H24N2O3/c1-3-21-15-8-7-12(20-2)10-14(15)18-16(19)9-11-5-4-6-13(11)17/h7-8,10-11,13H,3-6,9,17H2,1-2H3,(H,18,19)/t11-,13+/m0/s1. The topological polar surface area (TPSA) is 73.6 Å². The number of hydrogen-bond donors (Lipinski definition) is 2. The molecule has 3 N–H and O–H groups in total. The predicted molar refractivity (Wildman–Crippen MR) is 82.7 cm³/mol. The zero-order chi connectivity index (χ0) is 15.2. The summed E-state index contributed by atoms with van der Waals surface area (Å²) in [6, 6.07) is 5.54. The van der Waals surface area contributed by atoms with E-state index < -0.39 is 0 Å². The van der Waals surface area contributed by atoms with Crippen molar-refractivity contribution in [2.75, 3.05) is 19.0 Å². The Morgan fingerprint density at radius 3 is 2.86 bits per heavy atom. The molecule has 2 rings (SSSR count). The van der Waals surface area contributed by atoms with Crippen molar-refractivity contribution in [3.63, 3.8) is 0 Å². The fraction of sp³-hybridized carbons (Fsp3) is 0.562. The maximum absolute atomic E-state index is 12.2. The lowest BCUT2D eigenvalue weighted by Gasteiger charge is -2.16. The maximum atomic E-state index is 12.2. The summed E-state index contributed by atoms with van der Waals surface area (Å²) in [6.45, 7) is 2.45. The van der Waals surface area contributed by atoms with E-state index in [1.54, 1.807) is 19.2 Å². The first-order valence-corrected chi connectivity index (χ1v) is 7.50. The van der Waals surface area contributed by atoms with Gasteiger partial charge >= 0.3 is 0 Å². The van der Waals surface area contributed by atoms with Crippen LogP contribution >= 0.6 is 0 Å². The van der Waals surface area contributed by atoms with Gasteiger partial charge in [0.25, 0.3) is 0 Å². The van der Waals surface area contributed by atoms with E-state index in [0.717, 1.165) is 19.3 Å². The zero-order valence-electron chi connectivity index (χ0n) is 12.7. The highest BCUT2D eigenvalue weighted by atomic mass is 16.5. The number of carbonyl (C=O) groups excluding carboxylic acids is 1. The smallest absolute Gasteiger partial charge is 0.224 e. The van der Waals surface area contributed by atoms with E-state index in [0.29, 0.717) is 30.2 Å². The highest BCUT2D eigenvalue weighted by Gasteiger charge is 2.26. The van der Waals surface area contributed by atoms with Crippen molar-refractivity contribution in [2.45, 2.75) is 38.6 Å². The Bertz CT molecular complexity index is 490. The quantitative estimate of drug-likeness (QED) is 0.845. The summed E-state index contributed by atoms with van der Waals surface area (Å²) < 4.78 is 10.7. The van der Waals surface area contributed by atoms with E-state index in [2.05, 4.69) is 5.32 Å². The molecule has 116 valence electrons. The molecule has 1 amide bonds. The number of anilines is 1. The van der Waals surface area contributed by atoms with Crippen LogP contribution in [-0.4, -0.2) is 25.7 Å². The second-order valence-electron chi connectivity index (χ2n) is 5.40. The summed E-state index contributed by atoms with van der Waals surface area (Å²) in [7, 11) is 1.60. The second kappa shape index (κ2) is 7.31. The molecule has 1 saturated carbocycles. The summed E-state index contributed by atoms with van der Waals surface area (Å²) in [6.07, 6.45) is 3.62. The Kier molecular flexibility index (Phi) is 5.44. The van der Waals surface area contributed by atoms with Crippen LogP contribution in [0.3, 0.4) is 0 Å². The molecule has 0 heterocycles. The largest absolute Gasteiger partial charge is 0.497 e. The van der Waals surface area contributed by atoms with Crippen LogP contribution in [0.2, 0.25) is 0 Å². The van der Waals surface area contributed by atoms with Gasteiger partial charge in [-0.05, 0) is 37.8 Å². The van der Waals surface area contributed by atoms with Crippen molar-refractivity contribution in [3.05, 3.63) is 18.2 Å². The van der Waals surface area contributed by atoms with Crippen LogP contribution in [0.25, 0.3) is 0 Å². The number of ether oxygens (including phenoxy) is 2. The first-order valence-electron chi connectivity index (χ1n) is 7.50. The highest BCUT2D eigenvalue weighted by Crippen LogP contribution is 2.31. The molecule has 21 heavy (non-hydrogen) atoms. The molecule has 0 spiro atoms. The number of nitrogens with one attached hydrogen (secondary N) is 1. The van der Waals surface area contributed by atoms with E-state index in [1.807, 2.05) is 13.0 Å². The minimum absolute atomic E-state index is 0.0217. The van der Waals surface area contributed by atoms with Gasteiger partial charge in [0.1, 0.15) is 11.5 Å². The normalized spacial score (nSPS) is 21.1. The lowest BCUT2D eigenvalue weighted by Crippen LogP contribution is -2.28. The number of methoxy groups -OCH3 is 1. The minimum Gasteiger partial charge on any atom is -0.497 e. The Hall–Kier alpha value is -1.75. The van der Waals surface area contributed by atoms with Crippen LogP contribution < -0.4 is 20.5 Å². The Morgan fingerprint density at radius 1 is 1.43 bits per heavy atom. The summed E-state index contributed by atoms with van der Waals surface area (Å²) in [5, 5.41) is 2.92. The SMILES string of the molecule is CCOc1ccc(OC)cc1NC(=O)C[C@@H]1CCC[C@H]1N. The summed E-state index contributed by atoms with van der Waals surface area (Å²) >= 11 is 0. The van der Waals surface area contributed by atoms with Crippen molar-refractivity contribution < 1.29 is 14.3 Å². The Balaban J connectivity index is 2.04. The third-order valence-electron chi connectivity index (χ3n) is 3.93. The number of amides is 1. The van der Waals surface area contributed by atoms with Gasteiger partial charge in [-0.2, -0.15) is 0 Å². The van der Waals surface area contributed by atoms with Gasteiger partial charge in [-0.1, -0.05) is 6.42 Å². The molecule has 0 radical (unpaired) electrons. The molecule has 5 nitrogen and oxygen atoms in total. The van der Waals surface area contributed by atoms with Gasteiger partial charge in [0.15, 0.2) is 0 Å². The van der Waals surface area contributed by atoms with Crippen molar-refractivity contribution in [2.24, 2.45) is 11.7 Å². The highest BCUT2D eigenvalue weighted by molar-refractivity contribution is 5.92. The Labute approximate surface area is 125 Å². The molecule has 0 aromatic heterocycles. The van der Waals surface area contributed by atoms with E-state index in [-0.39, 0.29) is 17.9 Å². The van der Waals surface area contributed by atoms with Gasteiger partial charge in [-0.3, -0.25) is 4.79 Å². The van der Waals surface area contributed by atoms with Crippen LogP contribution in [0.1, 0.15) is 32.6 Å². The summed E-state index contributed by atoms with van der Waals surface area (Å²) in [5.41, 5.74) is 6.67. The van der Waals surface area contributed by atoms with Crippen LogP contribution in [0.4, 0.5) is 5.69 Å². The number of benzene rings is 1. The molecule has 1 fully saturated rings. The van der Waals surface area contributed by atoms with Gasteiger partial charge < -0.3 is 20.5 Å². The molecule has 0 bridgehead atoms. The molecular formula is C16H24N2O3. The lowest BCUT2D eigenvalue weighted by atomic mass is 10.00. The van der Waals surface area contributed by atoms with Crippen LogP contribution in [0.5, 0.6) is 11.5 Å². The third-order valence-corrected chi connectivity index (χ3v) is 3.93. The molecule has 0 aliphatic heterocycles. The number of rotatable bonds is 6. The minimum atomic E-state index is -0.0217. The van der Waals surface area contributed by atoms with Gasteiger partial charge in [0.05, 0.1) is 19.4 Å². The first-order chi connectivity index (χ1) is 10.1. The molecule has 1 aromatic rings. The fourth-order valence-electron chi connectivity index (χ4n) is 2.77. The van der Waals surface area contributed by atoms with E-state index in [9.17, 15) is 4.79 Å². The first kappa shape index (κ1) is 15.6. The van der Waals surface area contributed by atoms with E-state index in [1.165, 1.54) is 0 Å². The maximum Gasteiger partial charge on any atom is 0.224 e. The molecule has 1 aliphatic carbocycles. The van der Waals surface area contributed by atoms with Crippen molar-refractivity contribution in [3.8, 4) is 11.5 Å². The van der Waals surface area contributed by atoms with Crippen molar-refractivity contribution in [1.82, 2.24) is 0 Å². The average molecular weight is 292 g/mol. The summed E-state index contributed by atoms with van der Waals surface area (Å²) in [4.78, 5) is 12.2. The monoisotopic (exact) mass is 292 g/mol. The molecular weight excluding hydrogens is 268 g/mol. The molecule has 0 saturated heterocycles. The molecule has 2 atom stereocenters. The van der Waals surface area contributed by atoms with E-state index >= 15 is 0 Å². The summed E-state index contributed by atoms with van der Waals surface area (Å²) in [5.74, 6) is 1.60. The van der Waals surface area contributed by atoms with Gasteiger partial charge in [0.2, 0.25) is 5.91 Å². The van der Waals surface area contributed by atoms with Crippen molar-refractivity contribution >= 4 is 11.6 Å². The number of hydrogen-bond acceptors (Lipinski definition) is 4. The average Bonchev–Trinajstić information content (AvgIpc) is 2.86. The van der Waals surface area contributed by atoms with E-state index in [4.69, 9.17) is 15.2 Å².